The second-order valence-corrected chi connectivity index (χ2v) is 7.38. The van der Waals surface area contributed by atoms with Crippen molar-refractivity contribution in [3.05, 3.63) is 0 Å². The first-order chi connectivity index (χ1) is 13.0. The Bertz CT molecular complexity index is 467. The van der Waals surface area contributed by atoms with Gasteiger partial charge in [0.15, 0.2) is 0 Å². The van der Waals surface area contributed by atoms with E-state index in [1.807, 2.05) is 6.92 Å². The van der Waals surface area contributed by atoms with Gasteiger partial charge in [0.2, 0.25) is 5.91 Å². The third-order valence-electron chi connectivity index (χ3n) is 5.02. The Labute approximate surface area is 162 Å². The molecule has 0 aromatic rings. The number of unbranched alkanes of at least 4 members (excludes halogenated alkanes) is 1. The Morgan fingerprint density at radius 3 is 2.33 bits per heavy atom. The molecule has 0 saturated heterocycles. The van der Waals surface area contributed by atoms with Crippen molar-refractivity contribution in [2.24, 2.45) is 11.7 Å². The predicted octanol–water partition coefficient (Wildman–Crippen LogP) is 1.73. The van der Waals surface area contributed by atoms with E-state index in [9.17, 15) is 19.5 Å². The van der Waals surface area contributed by atoms with Gasteiger partial charge in [-0.05, 0) is 44.6 Å². The number of hydrogen-bond acceptors (Lipinski definition) is 4. The number of carboxylic acid groups (broad SMARTS) is 1. The second kappa shape index (κ2) is 13.4. The predicted molar refractivity (Wildman–Crippen MR) is 104 cm³/mol. The van der Waals surface area contributed by atoms with Gasteiger partial charge in [-0.2, -0.15) is 0 Å². The van der Waals surface area contributed by atoms with E-state index in [1.54, 1.807) is 0 Å². The average molecular weight is 385 g/mol. The molecule has 1 unspecified atom stereocenters. The van der Waals surface area contributed by atoms with Crippen LogP contribution in [0.1, 0.15) is 71.1 Å². The zero-order valence-corrected chi connectivity index (χ0v) is 16.5. The van der Waals surface area contributed by atoms with E-state index in [0.717, 1.165) is 32.1 Å². The lowest BCUT2D eigenvalue weighted by molar-refractivity contribution is -0.139. The number of carbonyl (C=O) groups is 3. The summed E-state index contributed by atoms with van der Waals surface area (Å²) in [6.07, 6.45) is 8.72. The summed E-state index contributed by atoms with van der Waals surface area (Å²) >= 11 is 0. The van der Waals surface area contributed by atoms with E-state index in [2.05, 4.69) is 16.0 Å². The van der Waals surface area contributed by atoms with Crippen LogP contribution in [0.2, 0.25) is 0 Å². The van der Waals surface area contributed by atoms with E-state index < -0.39 is 24.1 Å². The molecule has 8 heteroatoms. The number of amides is 3. The summed E-state index contributed by atoms with van der Waals surface area (Å²) in [4.78, 5) is 36.1. The molecule has 0 aromatic carbocycles. The first kappa shape index (κ1) is 23.2. The second-order valence-electron chi connectivity index (χ2n) is 7.38. The zero-order chi connectivity index (χ0) is 20.1. The van der Waals surface area contributed by atoms with Crippen molar-refractivity contribution >= 4 is 17.9 Å². The molecule has 1 aliphatic carbocycles. The van der Waals surface area contributed by atoms with Crippen LogP contribution in [0.15, 0.2) is 0 Å². The summed E-state index contributed by atoms with van der Waals surface area (Å²) in [5, 5.41) is 17.3. The largest absolute Gasteiger partial charge is 0.480 e. The van der Waals surface area contributed by atoms with E-state index in [0.29, 0.717) is 44.7 Å². The number of hydrogen-bond donors (Lipinski definition) is 5. The van der Waals surface area contributed by atoms with Gasteiger partial charge in [0.25, 0.3) is 0 Å². The summed E-state index contributed by atoms with van der Waals surface area (Å²) in [5.41, 5.74) is 5.43. The molecule has 27 heavy (non-hydrogen) atoms. The van der Waals surface area contributed by atoms with Crippen LogP contribution < -0.4 is 21.7 Å². The first-order valence-electron chi connectivity index (χ1n) is 10.3. The minimum absolute atomic E-state index is 0.201. The van der Waals surface area contributed by atoms with Crippen molar-refractivity contribution in [1.82, 2.24) is 16.0 Å². The normalized spacial score (nSPS) is 17.0. The van der Waals surface area contributed by atoms with E-state index in [1.165, 1.54) is 6.42 Å². The van der Waals surface area contributed by atoms with Gasteiger partial charge in [-0.3, -0.25) is 4.79 Å². The Morgan fingerprint density at radius 1 is 1.07 bits per heavy atom. The molecule has 0 aromatic heterocycles. The van der Waals surface area contributed by atoms with E-state index in [-0.39, 0.29) is 5.91 Å². The van der Waals surface area contributed by atoms with Crippen LogP contribution in [-0.4, -0.2) is 48.2 Å². The van der Waals surface area contributed by atoms with Gasteiger partial charge >= 0.3 is 12.0 Å². The first-order valence-corrected chi connectivity index (χ1v) is 10.3. The molecule has 0 spiro atoms. The van der Waals surface area contributed by atoms with Crippen LogP contribution in [0.5, 0.6) is 0 Å². The number of carboxylic acids is 1. The van der Waals surface area contributed by atoms with Gasteiger partial charge in [-0.25, -0.2) is 9.59 Å². The maximum Gasteiger partial charge on any atom is 0.326 e. The minimum atomic E-state index is -1.08. The molecular weight excluding hydrogens is 348 g/mol. The molecule has 156 valence electrons. The Hall–Kier alpha value is -1.83. The standard InChI is InChI=1S/C19H36N4O4/c1-2-12-21-17(24)16(13-14-8-4-3-5-9-14)23-19(27)22-15(18(25)26)10-6-7-11-20/h14-16H,2-13,20H2,1H3,(H,21,24)(H,25,26)(H2,22,23,27)/t15?,16-/m1/s1. The SMILES string of the molecule is CCCNC(=O)[C@@H](CC1CCCCC1)NC(=O)NC(CCCCN)C(=O)O. The molecule has 6 N–H and O–H groups in total. The number of aliphatic carboxylic acids is 1. The fourth-order valence-electron chi connectivity index (χ4n) is 3.47. The molecule has 1 saturated carbocycles. The van der Waals surface area contributed by atoms with Gasteiger partial charge in [0.1, 0.15) is 12.1 Å². The Morgan fingerprint density at radius 2 is 1.74 bits per heavy atom. The monoisotopic (exact) mass is 384 g/mol. The molecule has 0 radical (unpaired) electrons. The fraction of sp³-hybridized carbons (Fsp3) is 0.842. The smallest absolute Gasteiger partial charge is 0.326 e. The fourth-order valence-corrected chi connectivity index (χ4v) is 3.47. The minimum Gasteiger partial charge on any atom is -0.480 e. The summed E-state index contributed by atoms with van der Waals surface area (Å²) in [6, 6.07) is -2.23. The third kappa shape index (κ3) is 9.60. The van der Waals surface area contributed by atoms with Gasteiger partial charge in [-0.1, -0.05) is 39.0 Å². The Balaban J connectivity index is 2.63. The molecule has 0 bridgehead atoms. The third-order valence-corrected chi connectivity index (χ3v) is 5.02. The molecule has 2 atom stereocenters. The highest BCUT2D eigenvalue weighted by molar-refractivity contribution is 5.88. The van der Waals surface area contributed by atoms with Crippen LogP contribution in [0, 0.1) is 5.92 Å². The highest BCUT2D eigenvalue weighted by atomic mass is 16.4. The highest BCUT2D eigenvalue weighted by Gasteiger charge is 2.27. The number of urea groups is 1. The average Bonchev–Trinajstić information content (AvgIpc) is 2.65. The quantitative estimate of drug-likeness (QED) is 0.327. The van der Waals surface area contributed by atoms with Crippen molar-refractivity contribution < 1.29 is 19.5 Å². The number of nitrogens with one attached hydrogen (secondary N) is 3. The van der Waals surface area contributed by atoms with Gasteiger partial charge in [-0.15, -0.1) is 0 Å². The van der Waals surface area contributed by atoms with Crippen molar-refractivity contribution in [3.8, 4) is 0 Å². The molecule has 0 aliphatic heterocycles. The lowest BCUT2D eigenvalue weighted by Gasteiger charge is -2.27. The lowest BCUT2D eigenvalue weighted by Crippen LogP contribution is -2.54. The van der Waals surface area contributed by atoms with Crippen LogP contribution in [-0.2, 0) is 9.59 Å². The van der Waals surface area contributed by atoms with Crippen LogP contribution in [0.4, 0.5) is 4.79 Å². The van der Waals surface area contributed by atoms with Crippen molar-refractivity contribution in [2.45, 2.75) is 83.2 Å². The molecular formula is C19H36N4O4. The summed E-state index contributed by atoms with van der Waals surface area (Å²) in [6.45, 7) is 3.01. The van der Waals surface area contributed by atoms with Crippen molar-refractivity contribution in [3.63, 3.8) is 0 Å². The maximum absolute atomic E-state index is 12.5. The molecule has 0 heterocycles. The Kier molecular flexibility index (Phi) is 11.5. The van der Waals surface area contributed by atoms with E-state index >= 15 is 0 Å². The summed E-state index contributed by atoms with van der Waals surface area (Å²) < 4.78 is 0. The lowest BCUT2D eigenvalue weighted by atomic mass is 9.84. The van der Waals surface area contributed by atoms with E-state index in [4.69, 9.17) is 5.73 Å². The van der Waals surface area contributed by atoms with Crippen LogP contribution in [0.3, 0.4) is 0 Å². The highest BCUT2D eigenvalue weighted by Crippen LogP contribution is 2.27. The molecule has 8 nitrogen and oxygen atoms in total. The van der Waals surface area contributed by atoms with Crippen LogP contribution >= 0.6 is 0 Å². The summed E-state index contributed by atoms with van der Waals surface area (Å²) in [7, 11) is 0. The summed E-state index contributed by atoms with van der Waals surface area (Å²) in [5.74, 6) is -0.870. The molecule has 1 fully saturated rings. The van der Waals surface area contributed by atoms with Crippen LogP contribution in [0.25, 0.3) is 0 Å². The molecule has 1 aliphatic rings. The zero-order valence-electron chi connectivity index (χ0n) is 16.5. The number of carbonyl (C=O) groups excluding carboxylic acids is 2. The van der Waals surface area contributed by atoms with Gasteiger partial charge in [0.05, 0.1) is 0 Å². The van der Waals surface area contributed by atoms with Crippen molar-refractivity contribution in [1.29, 1.82) is 0 Å². The molecule has 1 rings (SSSR count). The maximum atomic E-state index is 12.5. The number of rotatable bonds is 12. The number of nitrogens with two attached hydrogens (primary N) is 1. The van der Waals surface area contributed by atoms with Crippen molar-refractivity contribution in [2.75, 3.05) is 13.1 Å². The van der Waals surface area contributed by atoms with Gasteiger partial charge < -0.3 is 26.8 Å². The topological polar surface area (TPSA) is 134 Å². The molecule has 3 amide bonds. The van der Waals surface area contributed by atoms with Gasteiger partial charge in [0, 0.05) is 6.54 Å².